The molecule has 0 aliphatic carbocycles. The number of hydrogen-bond donors (Lipinski definition) is 1. The van der Waals surface area contributed by atoms with Gasteiger partial charge < -0.3 is 5.32 Å². The van der Waals surface area contributed by atoms with Crippen molar-refractivity contribution >= 4 is 5.91 Å². The second-order valence-electron chi connectivity index (χ2n) is 8.59. The van der Waals surface area contributed by atoms with Crippen molar-refractivity contribution in [3.63, 3.8) is 0 Å². The fourth-order valence-electron chi connectivity index (χ4n) is 4.33. The van der Waals surface area contributed by atoms with Crippen LogP contribution < -0.4 is 5.32 Å². The van der Waals surface area contributed by atoms with Crippen LogP contribution in [0.15, 0.2) is 85.3 Å². The van der Waals surface area contributed by atoms with Gasteiger partial charge in [0.25, 0.3) is 5.91 Å². The Balaban J connectivity index is 1.13. The number of piperidine rings is 1. The fourth-order valence-corrected chi connectivity index (χ4v) is 4.33. The third kappa shape index (κ3) is 5.21. The summed E-state index contributed by atoms with van der Waals surface area (Å²) in [5, 5.41) is 7.44. The van der Waals surface area contributed by atoms with Crippen LogP contribution in [0.4, 0.5) is 4.39 Å². The molecule has 0 bridgehead atoms. The van der Waals surface area contributed by atoms with E-state index in [1.54, 1.807) is 36.7 Å². The van der Waals surface area contributed by atoms with Crippen LogP contribution in [0.1, 0.15) is 28.8 Å². The van der Waals surface area contributed by atoms with Gasteiger partial charge >= 0.3 is 0 Å². The molecule has 1 N–H and O–H groups in total. The smallest absolute Gasteiger partial charge is 0.253 e. The summed E-state index contributed by atoms with van der Waals surface area (Å²) in [5.41, 5.74) is 4.15. The molecule has 5 rings (SSSR count). The summed E-state index contributed by atoms with van der Waals surface area (Å²) in [6, 6.07) is 20.3. The molecule has 4 aromatic rings. The van der Waals surface area contributed by atoms with Gasteiger partial charge in [-0.15, -0.1) is 0 Å². The maximum absolute atomic E-state index is 13.4. The predicted octanol–water partition coefficient (Wildman–Crippen LogP) is 4.47. The number of benzene rings is 2. The van der Waals surface area contributed by atoms with E-state index in [9.17, 15) is 9.18 Å². The van der Waals surface area contributed by atoms with Gasteiger partial charge in [0.05, 0.1) is 16.9 Å². The maximum atomic E-state index is 13.4. The molecule has 0 spiro atoms. The Morgan fingerprint density at radius 2 is 1.88 bits per heavy atom. The quantitative estimate of drug-likeness (QED) is 0.466. The second kappa shape index (κ2) is 9.97. The highest BCUT2D eigenvalue weighted by atomic mass is 19.1. The molecule has 2 aromatic heterocycles. The zero-order valence-corrected chi connectivity index (χ0v) is 18.8. The Morgan fingerprint density at radius 3 is 2.62 bits per heavy atom. The molecule has 2 aromatic carbocycles. The fraction of sp³-hybridized carbons (Fsp3) is 0.222. The molecule has 3 heterocycles. The minimum atomic E-state index is -0.307. The lowest BCUT2D eigenvalue weighted by atomic mass is 10.0. The zero-order chi connectivity index (χ0) is 23.3. The molecule has 34 heavy (non-hydrogen) atoms. The van der Waals surface area contributed by atoms with Crippen molar-refractivity contribution in [2.75, 3.05) is 13.1 Å². The van der Waals surface area contributed by atoms with Gasteiger partial charge in [0.2, 0.25) is 0 Å². The lowest BCUT2D eigenvalue weighted by molar-refractivity contribution is 0.0908. The van der Waals surface area contributed by atoms with E-state index in [1.807, 2.05) is 16.9 Å². The Hall–Kier alpha value is -3.84. The van der Waals surface area contributed by atoms with Crippen molar-refractivity contribution in [2.24, 2.45) is 0 Å². The summed E-state index contributed by atoms with van der Waals surface area (Å²) >= 11 is 0. The van der Waals surface area contributed by atoms with E-state index in [2.05, 4.69) is 44.6 Å². The number of carbonyl (C=O) groups excluding carboxylic acids is 1. The van der Waals surface area contributed by atoms with Crippen molar-refractivity contribution in [3.8, 4) is 16.9 Å². The highest BCUT2D eigenvalue weighted by Gasteiger charge is 2.21. The molecule has 7 heteroatoms. The minimum absolute atomic E-state index is 0.122. The average Bonchev–Trinajstić information content (AvgIpc) is 3.41. The van der Waals surface area contributed by atoms with Crippen LogP contribution >= 0.6 is 0 Å². The number of carbonyl (C=O) groups is 1. The summed E-state index contributed by atoms with van der Waals surface area (Å²) in [6.45, 7) is 2.72. The largest absolute Gasteiger partial charge is 0.349 e. The van der Waals surface area contributed by atoms with Gasteiger partial charge in [-0.3, -0.25) is 14.7 Å². The molecule has 172 valence electrons. The lowest BCUT2D eigenvalue weighted by Gasteiger charge is -2.32. The van der Waals surface area contributed by atoms with Crippen LogP contribution in [0.5, 0.6) is 0 Å². The topological polar surface area (TPSA) is 63.1 Å². The SMILES string of the molecule is O=C(NC1CCN(Cc2cccc(-n3cccn3)c2)CC1)c1ccc(-c2cccc(F)c2)nc1. The zero-order valence-electron chi connectivity index (χ0n) is 18.8. The molecule has 0 unspecified atom stereocenters. The number of likely N-dealkylation sites (tertiary alicyclic amines) is 1. The van der Waals surface area contributed by atoms with Crippen LogP contribution in [-0.4, -0.2) is 44.7 Å². The van der Waals surface area contributed by atoms with E-state index in [-0.39, 0.29) is 17.8 Å². The minimum Gasteiger partial charge on any atom is -0.349 e. The Bertz CT molecular complexity index is 1250. The Kier molecular flexibility index (Phi) is 6.44. The number of nitrogens with zero attached hydrogens (tertiary/aromatic N) is 4. The van der Waals surface area contributed by atoms with Crippen molar-refractivity contribution in [3.05, 3.63) is 102 Å². The molecule has 1 aliphatic rings. The first-order chi connectivity index (χ1) is 16.6. The van der Waals surface area contributed by atoms with Crippen LogP contribution in [0.3, 0.4) is 0 Å². The first-order valence-corrected chi connectivity index (χ1v) is 11.5. The van der Waals surface area contributed by atoms with E-state index in [1.165, 1.54) is 17.7 Å². The average molecular weight is 456 g/mol. The number of rotatable bonds is 6. The molecule has 0 saturated carbocycles. The predicted molar refractivity (Wildman–Crippen MR) is 129 cm³/mol. The van der Waals surface area contributed by atoms with Crippen LogP contribution in [0.2, 0.25) is 0 Å². The van der Waals surface area contributed by atoms with Gasteiger partial charge in [0.1, 0.15) is 5.82 Å². The van der Waals surface area contributed by atoms with E-state index >= 15 is 0 Å². The summed E-state index contributed by atoms with van der Waals surface area (Å²) < 4.78 is 15.3. The summed E-state index contributed by atoms with van der Waals surface area (Å²) in [4.78, 5) is 19.5. The van der Waals surface area contributed by atoms with Gasteiger partial charge in [-0.05, 0) is 60.9 Å². The van der Waals surface area contributed by atoms with Crippen LogP contribution in [-0.2, 0) is 6.54 Å². The number of aromatic nitrogens is 3. The van der Waals surface area contributed by atoms with Crippen molar-refractivity contribution in [2.45, 2.75) is 25.4 Å². The highest BCUT2D eigenvalue weighted by Crippen LogP contribution is 2.19. The molecular weight excluding hydrogens is 429 g/mol. The van der Waals surface area contributed by atoms with Gasteiger partial charge in [0, 0.05) is 49.8 Å². The van der Waals surface area contributed by atoms with E-state index in [0.29, 0.717) is 16.8 Å². The molecule has 0 radical (unpaired) electrons. The summed E-state index contributed by atoms with van der Waals surface area (Å²) in [5.74, 6) is -0.429. The van der Waals surface area contributed by atoms with Crippen molar-refractivity contribution < 1.29 is 9.18 Å². The standard InChI is InChI=1S/C27H26FN5O/c28-23-6-2-5-21(17-23)26-9-8-22(18-29-26)27(34)31-24-10-14-32(15-11-24)19-20-4-1-7-25(16-20)33-13-3-12-30-33/h1-9,12-13,16-18,24H,10-11,14-15,19H2,(H,31,34). The number of pyridine rings is 1. The monoisotopic (exact) mass is 455 g/mol. The van der Waals surface area contributed by atoms with Gasteiger partial charge in [-0.25, -0.2) is 9.07 Å². The number of nitrogens with one attached hydrogen (secondary N) is 1. The third-order valence-corrected chi connectivity index (χ3v) is 6.15. The first-order valence-electron chi connectivity index (χ1n) is 11.5. The first kappa shape index (κ1) is 22.0. The molecule has 1 saturated heterocycles. The molecule has 1 amide bonds. The summed E-state index contributed by atoms with van der Waals surface area (Å²) in [6.07, 6.45) is 7.08. The molecule has 1 fully saturated rings. The third-order valence-electron chi connectivity index (χ3n) is 6.15. The van der Waals surface area contributed by atoms with Crippen molar-refractivity contribution in [1.29, 1.82) is 0 Å². The van der Waals surface area contributed by atoms with E-state index in [4.69, 9.17) is 0 Å². The highest BCUT2D eigenvalue weighted by molar-refractivity contribution is 5.94. The Morgan fingerprint density at radius 1 is 1.03 bits per heavy atom. The number of hydrogen-bond acceptors (Lipinski definition) is 4. The second-order valence-corrected chi connectivity index (χ2v) is 8.59. The summed E-state index contributed by atoms with van der Waals surface area (Å²) in [7, 11) is 0. The molecule has 1 aliphatic heterocycles. The van der Waals surface area contributed by atoms with Crippen molar-refractivity contribution in [1.82, 2.24) is 25.0 Å². The number of amides is 1. The number of halogens is 1. The lowest BCUT2D eigenvalue weighted by Crippen LogP contribution is -2.44. The van der Waals surface area contributed by atoms with Crippen LogP contribution in [0, 0.1) is 5.82 Å². The van der Waals surface area contributed by atoms with Crippen LogP contribution in [0.25, 0.3) is 16.9 Å². The van der Waals surface area contributed by atoms with E-state index < -0.39 is 0 Å². The van der Waals surface area contributed by atoms with Gasteiger partial charge in [0.15, 0.2) is 0 Å². The van der Waals surface area contributed by atoms with Gasteiger partial charge in [-0.2, -0.15) is 5.10 Å². The normalized spacial score (nSPS) is 14.7. The van der Waals surface area contributed by atoms with E-state index in [0.717, 1.165) is 38.2 Å². The molecule has 0 atom stereocenters. The molecule has 6 nitrogen and oxygen atoms in total. The molecular formula is C27H26FN5O. The van der Waals surface area contributed by atoms with Gasteiger partial charge in [-0.1, -0.05) is 24.3 Å². The maximum Gasteiger partial charge on any atom is 0.253 e. The Labute approximate surface area is 198 Å².